The molecule has 0 radical (unpaired) electrons. The van der Waals surface area contributed by atoms with Crippen LogP contribution in [0.3, 0.4) is 0 Å². The zero-order valence-electron chi connectivity index (χ0n) is 13.7. The van der Waals surface area contributed by atoms with Crippen molar-refractivity contribution >= 4 is 0 Å². The van der Waals surface area contributed by atoms with Crippen molar-refractivity contribution in [2.45, 2.75) is 6.54 Å². The summed E-state index contributed by atoms with van der Waals surface area (Å²) >= 11 is 0. The van der Waals surface area contributed by atoms with Crippen molar-refractivity contribution in [3.8, 4) is 16.8 Å². The highest BCUT2D eigenvalue weighted by Gasteiger charge is 2.09. The number of piperazine rings is 1. The molecular formula is C20H22N4. The third kappa shape index (κ3) is 3.40. The molecule has 1 fully saturated rings. The van der Waals surface area contributed by atoms with Gasteiger partial charge >= 0.3 is 0 Å². The fourth-order valence-electron chi connectivity index (χ4n) is 3.16. The van der Waals surface area contributed by atoms with Gasteiger partial charge < -0.3 is 5.32 Å². The Kier molecular flexibility index (Phi) is 4.40. The molecule has 4 heteroatoms. The van der Waals surface area contributed by atoms with E-state index in [1.54, 1.807) is 6.20 Å². The van der Waals surface area contributed by atoms with Crippen LogP contribution in [0.1, 0.15) is 5.56 Å². The molecule has 3 aromatic rings. The number of rotatable bonds is 4. The number of aromatic nitrogens is 2. The van der Waals surface area contributed by atoms with E-state index in [1.807, 2.05) is 16.9 Å². The Balaban J connectivity index is 1.46. The molecule has 1 saturated heterocycles. The summed E-state index contributed by atoms with van der Waals surface area (Å²) < 4.78 is 1.88. The molecule has 0 amide bonds. The molecule has 24 heavy (non-hydrogen) atoms. The minimum atomic E-state index is 1.04. The number of nitrogens with one attached hydrogen (secondary N) is 1. The summed E-state index contributed by atoms with van der Waals surface area (Å²) in [7, 11) is 0. The molecule has 0 atom stereocenters. The molecule has 0 saturated carbocycles. The van der Waals surface area contributed by atoms with Gasteiger partial charge in [-0.15, -0.1) is 0 Å². The van der Waals surface area contributed by atoms with Crippen LogP contribution in [0, 0.1) is 0 Å². The van der Waals surface area contributed by atoms with Crippen LogP contribution in [-0.2, 0) is 6.54 Å². The van der Waals surface area contributed by atoms with Gasteiger partial charge in [0.15, 0.2) is 0 Å². The summed E-state index contributed by atoms with van der Waals surface area (Å²) in [6, 6.07) is 19.4. The van der Waals surface area contributed by atoms with Crippen LogP contribution in [0.4, 0.5) is 0 Å². The van der Waals surface area contributed by atoms with Crippen LogP contribution < -0.4 is 5.32 Å². The van der Waals surface area contributed by atoms with E-state index in [1.165, 1.54) is 16.7 Å². The van der Waals surface area contributed by atoms with Gasteiger partial charge in [0.1, 0.15) is 0 Å². The molecule has 2 aromatic carbocycles. The Morgan fingerprint density at radius 1 is 0.875 bits per heavy atom. The molecule has 2 heterocycles. The first kappa shape index (κ1) is 15.1. The van der Waals surface area contributed by atoms with Gasteiger partial charge in [-0.1, -0.05) is 36.4 Å². The van der Waals surface area contributed by atoms with Crippen LogP contribution in [-0.4, -0.2) is 40.9 Å². The molecule has 4 nitrogen and oxygen atoms in total. The maximum Gasteiger partial charge on any atom is 0.0645 e. The van der Waals surface area contributed by atoms with Gasteiger partial charge in [0.05, 0.1) is 5.69 Å². The fraction of sp³-hybridized carbons (Fsp3) is 0.250. The van der Waals surface area contributed by atoms with Gasteiger partial charge in [0, 0.05) is 45.1 Å². The molecule has 0 spiro atoms. The number of hydrogen-bond acceptors (Lipinski definition) is 3. The zero-order chi connectivity index (χ0) is 16.2. The highest BCUT2D eigenvalue weighted by atomic mass is 15.3. The van der Waals surface area contributed by atoms with E-state index in [-0.39, 0.29) is 0 Å². The average molecular weight is 318 g/mol. The first-order valence-electron chi connectivity index (χ1n) is 8.51. The minimum absolute atomic E-state index is 1.04. The van der Waals surface area contributed by atoms with Gasteiger partial charge in [-0.05, 0) is 34.9 Å². The molecular weight excluding hydrogens is 296 g/mol. The maximum atomic E-state index is 4.26. The van der Waals surface area contributed by atoms with Crippen LogP contribution in [0.2, 0.25) is 0 Å². The van der Waals surface area contributed by atoms with Crippen LogP contribution in [0.25, 0.3) is 16.8 Å². The molecule has 122 valence electrons. The number of benzene rings is 2. The Morgan fingerprint density at radius 3 is 2.17 bits per heavy atom. The van der Waals surface area contributed by atoms with Crippen molar-refractivity contribution in [2.24, 2.45) is 0 Å². The lowest BCUT2D eigenvalue weighted by molar-refractivity contribution is 0.233. The molecule has 0 aliphatic carbocycles. The molecule has 0 unspecified atom stereocenters. The standard InChI is InChI=1S/C20H22N4/c1-10-22-24(13-1)20-8-6-19(7-9-20)18-4-2-17(3-5-18)16-23-14-11-21-12-15-23/h1-10,13,21H,11-12,14-16H2. The van der Waals surface area contributed by atoms with Crippen molar-refractivity contribution in [1.82, 2.24) is 20.0 Å². The molecule has 1 aromatic heterocycles. The summed E-state index contributed by atoms with van der Waals surface area (Å²) in [4.78, 5) is 2.50. The lowest BCUT2D eigenvalue weighted by Gasteiger charge is -2.27. The Hall–Kier alpha value is -2.43. The summed E-state index contributed by atoms with van der Waals surface area (Å²) in [5.41, 5.74) is 4.96. The second-order valence-electron chi connectivity index (χ2n) is 6.22. The zero-order valence-corrected chi connectivity index (χ0v) is 13.7. The van der Waals surface area contributed by atoms with E-state index in [2.05, 4.69) is 63.8 Å². The topological polar surface area (TPSA) is 33.1 Å². The summed E-state index contributed by atoms with van der Waals surface area (Å²) in [6.07, 6.45) is 3.75. The van der Waals surface area contributed by atoms with Crippen molar-refractivity contribution in [3.63, 3.8) is 0 Å². The van der Waals surface area contributed by atoms with Crippen molar-refractivity contribution in [3.05, 3.63) is 72.6 Å². The molecule has 1 N–H and O–H groups in total. The second kappa shape index (κ2) is 6.99. The lowest BCUT2D eigenvalue weighted by Crippen LogP contribution is -2.42. The monoisotopic (exact) mass is 318 g/mol. The van der Waals surface area contributed by atoms with E-state index in [4.69, 9.17) is 0 Å². The van der Waals surface area contributed by atoms with E-state index in [0.717, 1.165) is 38.4 Å². The van der Waals surface area contributed by atoms with Crippen molar-refractivity contribution in [2.75, 3.05) is 26.2 Å². The van der Waals surface area contributed by atoms with Crippen LogP contribution >= 0.6 is 0 Å². The quantitative estimate of drug-likeness (QED) is 0.803. The van der Waals surface area contributed by atoms with Gasteiger partial charge in [0.2, 0.25) is 0 Å². The van der Waals surface area contributed by atoms with Crippen LogP contribution in [0.5, 0.6) is 0 Å². The smallest absolute Gasteiger partial charge is 0.0645 e. The van der Waals surface area contributed by atoms with Crippen molar-refractivity contribution < 1.29 is 0 Å². The SMILES string of the molecule is c1cnn(-c2ccc(-c3ccc(CN4CCNCC4)cc3)cc2)c1. The van der Waals surface area contributed by atoms with Gasteiger partial charge in [-0.3, -0.25) is 4.90 Å². The third-order valence-electron chi connectivity index (χ3n) is 4.54. The third-order valence-corrected chi connectivity index (χ3v) is 4.54. The largest absolute Gasteiger partial charge is 0.314 e. The van der Waals surface area contributed by atoms with Gasteiger partial charge in [-0.2, -0.15) is 5.10 Å². The molecule has 4 rings (SSSR count). The molecule has 1 aliphatic rings. The maximum absolute atomic E-state index is 4.26. The highest BCUT2D eigenvalue weighted by Crippen LogP contribution is 2.22. The Morgan fingerprint density at radius 2 is 1.54 bits per heavy atom. The summed E-state index contributed by atoms with van der Waals surface area (Å²) in [6.45, 7) is 5.51. The number of hydrogen-bond donors (Lipinski definition) is 1. The van der Waals surface area contributed by atoms with E-state index >= 15 is 0 Å². The van der Waals surface area contributed by atoms with Gasteiger partial charge in [0.25, 0.3) is 0 Å². The predicted molar refractivity (Wildman–Crippen MR) is 97.1 cm³/mol. The summed E-state index contributed by atoms with van der Waals surface area (Å²) in [5.74, 6) is 0. The van der Waals surface area contributed by atoms with Crippen molar-refractivity contribution in [1.29, 1.82) is 0 Å². The van der Waals surface area contributed by atoms with Crippen LogP contribution in [0.15, 0.2) is 67.0 Å². The highest BCUT2D eigenvalue weighted by molar-refractivity contribution is 5.64. The summed E-state index contributed by atoms with van der Waals surface area (Å²) in [5, 5.41) is 7.66. The first-order valence-corrected chi connectivity index (χ1v) is 8.51. The van der Waals surface area contributed by atoms with E-state index in [0.29, 0.717) is 0 Å². The molecule has 1 aliphatic heterocycles. The van der Waals surface area contributed by atoms with E-state index < -0.39 is 0 Å². The molecule has 0 bridgehead atoms. The average Bonchev–Trinajstić information content (AvgIpc) is 3.18. The number of nitrogens with zero attached hydrogens (tertiary/aromatic N) is 3. The second-order valence-corrected chi connectivity index (χ2v) is 6.22. The normalized spacial score (nSPS) is 15.5. The lowest BCUT2D eigenvalue weighted by atomic mass is 10.0. The minimum Gasteiger partial charge on any atom is -0.314 e. The Bertz CT molecular complexity index is 754. The van der Waals surface area contributed by atoms with E-state index in [9.17, 15) is 0 Å². The predicted octanol–water partition coefficient (Wildman–Crippen LogP) is 2.94. The fourth-order valence-corrected chi connectivity index (χ4v) is 3.16. The Labute approximate surface area is 142 Å². The van der Waals surface area contributed by atoms with Gasteiger partial charge in [-0.25, -0.2) is 4.68 Å². The first-order chi connectivity index (χ1) is 11.9.